The molecular weight excluding hydrogens is 273 g/mol. The summed E-state index contributed by atoms with van der Waals surface area (Å²) in [7, 11) is 0. The van der Waals surface area contributed by atoms with Gasteiger partial charge in [0.25, 0.3) is 0 Å². The Morgan fingerprint density at radius 2 is 2.40 bits per heavy atom. The second-order valence-electron chi connectivity index (χ2n) is 5.06. The Balaban J connectivity index is 1.93. The summed E-state index contributed by atoms with van der Waals surface area (Å²) in [6.07, 6.45) is 6.05. The van der Waals surface area contributed by atoms with E-state index in [0.717, 1.165) is 31.5 Å². The molecule has 20 heavy (non-hydrogen) atoms. The number of rotatable bonds is 4. The van der Waals surface area contributed by atoms with Gasteiger partial charge in [-0.1, -0.05) is 6.92 Å². The number of hydrogen-bond acceptors (Lipinski definition) is 4. The van der Waals surface area contributed by atoms with E-state index < -0.39 is 0 Å². The Hall–Kier alpha value is -1.33. The van der Waals surface area contributed by atoms with Crippen LogP contribution >= 0.6 is 11.3 Å². The molecule has 106 valence electrons. The molecular formula is C15H18FN3S. The third-order valence-corrected chi connectivity index (χ3v) is 4.69. The molecule has 3 rings (SSSR count). The topological polar surface area (TPSA) is 37.8 Å². The molecule has 2 aromatic rings. The van der Waals surface area contributed by atoms with E-state index >= 15 is 0 Å². The number of fused-ring (bicyclic) bond motifs is 1. The minimum Gasteiger partial charge on any atom is -0.309 e. The highest BCUT2D eigenvalue weighted by Gasteiger charge is 2.25. The van der Waals surface area contributed by atoms with Gasteiger partial charge in [-0.3, -0.25) is 4.98 Å². The highest BCUT2D eigenvalue weighted by atomic mass is 32.1. The highest BCUT2D eigenvalue weighted by Crippen LogP contribution is 2.37. The molecule has 5 heteroatoms. The predicted molar refractivity (Wildman–Crippen MR) is 79.3 cm³/mol. The van der Waals surface area contributed by atoms with Crippen molar-refractivity contribution < 1.29 is 4.39 Å². The van der Waals surface area contributed by atoms with Crippen LogP contribution in [0.15, 0.2) is 18.3 Å². The molecule has 0 saturated heterocycles. The van der Waals surface area contributed by atoms with Gasteiger partial charge in [0.2, 0.25) is 0 Å². The summed E-state index contributed by atoms with van der Waals surface area (Å²) in [4.78, 5) is 10.1. The average molecular weight is 291 g/mol. The molecule has 0 fully saturated rings. The van der Waals surface area contributed by atoms with Gasteiger partial charge in [-0.15, -0.1) is 11.3 Å². The molecule has 0 aromatic carbocycles. The molecule has 1 N–H and O–H groups in total. The number of aromatic nitrogens is 2. The van der Waals surface area contributed by atoms with Crippen molar-refractivity contribution in [2.75, 3.05) is 6.54 Å². The molecule has 0 radical (unpaired) electrons. The molecule has 0 saturated carbocycles. The van der Waals surface area contributed by atoms with Gasteiger partial charge in [-0.25, -0.2) is 9.37 Å². The van der Waals surface area contributed by atoms with Gasteiger partial charge in [-0.2, -0.15) is 0 Å². The number of halogens is 1. The van der Waals surface area contributed by atoms with Crippen molar-refractivity contribution in [1.29, 1.82) is 0 Å². The largest absolute Gasteiger partial charge is 0.309 e. The molecule has 0 amide bonds. The zero-order chi connectivity index (χ0) is 13.9. The number of hydrogen-bond donors (Lipinski definition) is 1. The van der Waals surface area contributed by atoms with E-state index in [-0.39, 0.29) is 5.82 Å². The molecule has 2 aromatic heterocycles. The number of aryl methyl sites for hydroxylation is 1. The smallest absolute Gasteiger partial charge is 0.151 e. The third-order valence-electron chi connectivity index (χ3n) is 3.56. The van der Waals surface area contributed by atoms with Crippen LogP contribution in [0.25, 0.3) is 10.7 Å². The van der Waals surface area contributed by atoms with Crippen molar-refractivity contribution in [1.82, 2.24) is 15.3 Å². The van der Waals surface area contributed by atoms with Crippen LogP contribution in [0, 0.1) is 5.82 Å². The summed E-state index contributed by atoms with van der Waals surface area (Å²) in [5, 5.41) is 4.24. The molecule has 1 unspecified atom stereocenters. The molecule has 0 bridgehead atoms. The van der Waals surface area contributed by atoms with Crippen molar-refractivity contribution in [2.24, 2.45) is 0 Å². The van der Waals surface area contributed by atoms with Crippen molar-refractivity contribution in [3.05, 3.63) is 34.7 Å². The summed E-state index contributed by atoms with van der Waals surface area (Å²) in [6, 6.07) is 3.36. The maximum Gasteiger partial charge on any atom is 0.151 e. The second kappa shape index (κ2) is 5.97. The SMILES string of the molecule is CCCNC1CCCc2sc(-c3ncccc3F)nc21. The summed E-state index contributed by atoms with van der Waals surface area (Å²) >= 11 is 1.59. The Kier molecular flexibility index (Phi) is 4.08. The van der Waals surface area contributed by atoms with E-state index in [1.807, 2.05) is 0 Å². The van der Waals surface area contributed by atoms with Crippen LogP contribution in [-0.2, 0) is 6.42 Å². The predicted octanol–water partition coefficient (Wildman–Crippen LogP) is 3.72. The standard InChI is InChI=1S/C15H18FN3S/c1-2-8-17-11-6-3-7-12-14(11)19-15(20-12)13-10(16)5-4-9-18-13/h4-5,9,11,17H,2-3,6-8H2,1H3. The fourth-order valence-corrected chi connectivity index (χ4v) is 3.74. The second-order valence-corrected chi connectivity index (χ2v) is 6.14. The van der Waals surface area contributed by atoms with Gasteiger partial charge >= 0.3 is 0 Å². The Labute approximate surface area is 122 Å². The summed E-state index contributed by atoms with van der Waals surface area (Å²) < 4.78 is 13.8. The highest BCUT2D eigenvalue weighted by molar-refractivity contribution is 7.15. The minimum atomic E-state index is -0.295. The van der Waals surface area contributed by atoms with Gasteiger partial charge in [-0.05, 0) is 44.4 Å². The van der Waals surface area contributed by atoms with E-state index in [9.17, 15) is 4.39 Å². The van der Waals surface area contributed by atoms with Gasteiger partial charge in [0.15, 0.2) is 5.82 Å². The minimum absolute atomic E-state index is 0.295. The summed E-state index contributed by atoms with van der Waals surface area (Å²) in [5.41, 5.74) is 1.48. The van der Waals surface area contributed by atoms with Crippen LogP contribution in [0.5, 0.6) is 0 Å². The quantitative estimate of drug-likeness (QED) is 0.933. The van der Waals surface area contributed by atoms with Gasteiger partial charge in [0, 0.05) is 11.1 Å². The van der Waals surface area contributed by atoms with E-state index in [1.165, 1.54) is 17.4 Å². The lowest BCUT2D eigenvalue weighted by Gasteiger charge is -2.22. The van der Waals surface area contributed by atoms with Crippen molar-refractivity contribution in [2.45, 2.75) is 38.6 Å². The van der Waals surface area contributed by atoms with Crippen LogP contribution in [0.2, 0.25) is 0 Å². The van der Waals surface area contributed by atoms with Gasteiger partial charge in [0.1, 0.15) is 10.7 Å². The Morgan fingerprint density at radius 3 is 3.20 bits per heavy atom. The molecule has 1 aliphatic rings. The lowest BCUT2D eigenvalue weighted by Crippen LogP contribution is -2.25. The summed E-state index contributed by atoms with van der Waals surface area (Å²) in [5.74, 6) is -0.295. The zero-order valence-electron chi connectivity index (χ0n) is 11.5. The number of pyridine rings is 1. The lowest BCUT2D eigenvalue weighted by molar-refractivity contribution is 0.454. The molecule has 2 heterocycles. The average Bonchev–Trinajstić information content (AvgIpc) is 2.89. The first-order chi connectivity index (χ1) is 9.79. The molecule has 1 aliphatic carbocycles. The molecule has 1 atom stereocenters. The van der Waals surface area contributed by atoms with Crippen molar-refractivity contribution in [3.8, 4) is 10.7 Å². The van der Waals surface area contributed by atoms with Crippen molar-refractivity contribution in [3.63, 3.8) is 0 Å². The first-order valence-corrected chi connectivity index (χ1v) is 7.95. The Bertz CT molecular complexity index is 597. The van der Waals surface area contributed by atoms with Gasteiger partial charge < -0.3 is 5.32 Å². The van der Waals surface area contributed by atoms with Crippen LogP contribution in [0.3, 0.4) is 0 Å². The molecule has 3 nitrogen and oxygen atoms in total. The normalized spacial score (nSPS) is 18.0. The first-order valence-electron chi connectivity index (χ1n) is 7.13. The molecule has 0 aliphatic heterocycles. The third kappa shape index (κ3) is 2.60. The fraction of sp³-hybridized carbons (Fsp3) is 0.467. The maximum atomic E-state index is 13.8. The van der Waals surface area contributed by atoms with E-state index in [2.05, 4.69) is 22.2 Å². The number of nitrogens with zero attached hydrogens (tertiary/aromatic N) is 2. The maximum absolute atomic E-state index is 13.8. The van der Waals surface area contributed by atoms with Crippen LogP contribution in [0.1, 0.15) is 42.8 Å². The van der Waals surface area contributed by atoms with E-state index in [1.54, 1.807) is 23.6 Å². The van der Waals surface area contributed by atoms with Gasteiger partial charge in [0.05, 0.1) is 11.7 Å². The number of nitrogens with one attached hydrogen (secondary N) is 1. The lowest BCUT2D eigenvalue weighted by atomic mass is 9.97. The summed E-state index contributed by atoms with van der Waals surface area (Å²) in [6.45, 7) is 3.15. The fourth-order valence-electron chi connectivity index (χ4n) is 2.58. The van der Waals surface area contributed by atoms with Crippen LogP contribution in [0.4, 0.5) is 4.39 Å². The first kappa shape index (κ1) is 13.6. The Morgan fingerprint density at radius 1 is 1.50 bits per heavy atom. The zero-order valence-corrected chi connectivity index (χ0v) is 12.3. The van der Waals surface area contributed by atoms with Crippen LogP contribution < -0.4 is 5.32 Å². The monoisotopic (exact) mass is 291 g/mol. The molecule has 0 spiro atoms. The van der Waals surface area contributed by atoms with Crippen LogP contribution in [-0.4, -0.2) is 16.5 Å². The van der Waals surface area contributed by atoms with E-state index in [4.69, 9.17) is 0 Å². The number of thiazole rings is 1. The van der Waals surface area contributed by atoms with Crippen molar-refractivity contribution >= 4 is 11.3 Å². The van der Waals surface area contributed by atoms with E-state index in [0.29, 0.717) is 16.7 Å².